The fourth-order valence-electron chi connectivity index (χ4n) is 3.57. The minimum absolute atomic E-state index is 0.0161. The number of hydrogen-bond acceptors (Lipinski definition) is 6. The van der Waals surface area contributed by atoms with Crippen LogP contribution in [0.15, 0.2) is 0 Å². The normalized spacial score (nSPS) is 27.0. The number of carbonyl (C=O) groups excluding carboxylic acids is 1. The molecule has 3 rings (SSSR count). The lowest BCUT2D eigenvalue weighted by atomic mass is 9.90. The Morgan fingerprint density at radius 3 is 2.61 bits per heavy atom. The second kappa shape index (κ2) is 7.68. The molecule has 1 N–H and O–H groups in total. The zero-order chi connectivity index (χ0) is 16.2. The van der Waals surface area contributed by atoms with E-state index >= 15 is 0 Å². The third-order valence-corrected chi connectivity index (χ3v) is 5.51. The van der Waals surface area contributed by atoms with E-state index in [9.17, 15) is 4.79 Å². The molecule has 1 aliphatic carbocycles. The maximum absolute atomic E-state index is 12.2. The molecule has 0 aromatic carbocycles. The molecule has 23 heavy (non-hydrogen) atoms. The summed E-state index contributed by atoms with van der Waals surface area (Å²) in [4.78, 5) is 14.4. The average Bonchev–Trinajstić information content (AvgIpc) is 2.95. The third kappa shape index (κ3) is 4.71. The third-order valence-electron chi connectivity index (χ3n) is 4.50. The van der Waals surface area contributed by atoms with Crippen molar-refractivity contribution in [2.24, 2.45) is 0 Å². The van der Waals surface area contributed by atoms with E-state index in [0.717, 1.165) is 18.1 Å². The van der Waals surface area contributed by atoms with Crippen LogP contribution in [-0.4, -0.2) is 52.8 Å². The van der Waals surface area contributed by atoms with Crippen LogP contribution in [0.3, 0.4) is 0 Å². The highest BCUT2D eigenvalue weighted by Gasteiger charge is 2.24. The van der Waals surface area contributed by atoms with Gasteiger partial charge in [-0.2, -0.15) is 0 Å². The van der Waals surface area contributed by atoms with Crippen molar-refractivity contribution in [1.82, 2.24) is 15.1 Å². The lowest BCUT2D eigenvalue weighted by molar-refractivity contribution is -0.121. The van der Waals surface area contributed by atoms with E-state index in [-0.39, 0.29) is 18.1 Å². The summed E-state index contributed by atoms with van der Waals surface area (Å²) >= 11 is 1.53. The van der Waals surface area contributed by atoms with Gasteiger partial charge in [0.2, 0.25) is 11.0 Å². The SMILES string of the molecule is CC1CN(CC(=O)Nc2nnc(C3CCCCC3)s2)CC(C)O1. The first-order valence-electron chi connectivity index (χ1n) is 8.61. The van der Waals surface area contributed by atoms with Gasteiger partial charge in [-0.15, -0.1) is 10.2 Å². The van der Waals surface area contributed by atoms with E-state index in [0.29, 0.717) is 17.6 Å². The van der Waals surface area contributed by atoms with E-state index in [4.69, 9.17) is 4.74 Å². The van der Waals surface area contributed by atoms with E-state index in [1.165, 1.54) is 43.4 Å². The van der Waals surface area contributed by atoms with Gasteiger partial charge in [0.05, 0.1) is 18.8 Å². The number of aromatic nitrogens is 2. The Morgan fingerprint density at radius 1 is 1.22 bits per heavy atom. The van der Waals surface area contributed by atoms with Crippen molar-refractivity contribution in [3.63, 3.8) is 0 Å². The molecule has 2 heterocycles. The van der Waals surface area contributed by atoms with Gasteiger partial charge in [-0.05, 0) is 26.7 Å². The molecule has 0 bridgehead atoms. The summed E-state index contributed by atoms with van der Waals surface area (Å²) in [5.41, 5.74) is 0. The monoisotopic (exact) mass is 338 g/mol. The Bertz CT molecular complexity index is 520. The van der Waals surface area contributed by atoms with Crippen molar-refractivity contribution in [1.29, 1.82) is 0 Å². The molecule has 0 spiro atoms. The number of carbonyl (C=O) groups is 1. The van der Waals surface area contributed by atoms with E-state index in [1.54, 1.807) is 0 Å². The zero-order valence-electron chi connectivity index (χ0n) is 14.0. The van der Waals surface area contributed by atoms with Crippen molar-refractivity contribution in [3.8, 4) is 0 Å². The molecule has 2 fully saturated rings. The van der Waals surface area contributed by atoms with E-state index < -0.39 is 0 Å². The van der Waals surface area contributed by atoms with Gasteiger partial charge in [0, 0.05) is 19.0 Å². The lowest BCUT2D eigenvalue weighted by Crippen LogP contribution is -2.48. The quantitative estimate of drug-likeness (QED) is 0.914. The van der Waals surface area contributed by atoms with Gasteiger partial charge in [0.15, 0.2) is 0 Å². The van der Waals surface area contributed by atoms with Crippen LogP contribution >= 0.6 is 11.3 Å². The van der Waals surface area contributed by atoms with Gasteiger partial charge in [0.1, 0.15) is 5.01 Å². The van der Waals surface area contributed by atoms with Gasteiger partial charge in [-0.25, -0.2) is 0 Å². The van der Waals surface area contributed by atoms with Crippen LogP contribution in [0.2, 0.25) is 0 Å². The molecule has 6 nitrogen and oxygen atoms in total. The number of hydrogen-bond donors (Lipinski definition) is 1. The standard InChI is InChI=1S/C16H26N4O2S/c1-11-8-20(9-12(2)22-11)10-14(21)17-16-19-18-15(23-16)13-6-4-3-5-7-13/h11-13H,3-10H2,1-2H3,(H,17,19,21). The number of morpholine rings is 1. The van der Waals surface area contributed by atoms with Crippen molar-refractivity contribution < 1.29 is 9.53 Å². The summed E-state index contributed by atoms with van der Waals surface area (Å²) in [6, 6.07) is 0. The summed E-state index contributed by atoms with van der Waals surface area (Å²) in [7, 11) is 0. The van der Waals surface area contributed by atoms with E-state index in [2.05, 4.69) is 20.4 Å². The highest BCUT2D eigenvalue weighted by atomic mass is 32.1. The van der Waals surface area contributed by atoms with Crippen LogP contribution in [0.4, 0.5) is 5.13 Å². The molecular weight excluding hydrogens is 312 g/mol. The van der Waals surface area contributed by atoms with Gasteiger partial charge in [-0.3, -0.25) is 15.0 Å². The Hall–Kier alpha value is -1.05. The fourth-order valence-corrected chi connectivity index (χ4v) is 4.50. The van der Waals surface area contributed by atoms with Gasteiger partial charge >= 0.3 is 0 Å². The highest BCUT2D eigenvalue weighted by Crippen LogP contribution is 2.35. The van der Waals surface area contributed by atoms with Crippen molar-refractivity contribution in [2.45, 2.75) is 64.1 Å². The Balaban J connectivity index is 1.50. The molecule has 2 aliphatic rings. The molecule has 1 aromatic rings. The number of ether oxygens (including phenoxy) is 1. The first kappa shape index (κ1) is 16.8. The molecular formula is C16H26N4O2S. The van der Waals surface area contributed by atoms with Gasteiger partial charge in [-0.1, -0.05) is 30.6 Å². The molecule has 128 valence electrons. The number of anilines is 1. The molecule has 1 aliphatic heterocycles. The minimum Gasteiger partial charge on any atom is -0.373 e. The topological polar surface area (TPSA) is 67.4 Å². The molecule has 1 aromatic heterocycles. The number of nitrogens with zero attached hydrogens (tertiary/aromatic N) is 3. The van der Waals surface area contributed by atoms with Crippen molar-refractivity contribution in [2.75, 3.05) is 25.0 Å². The minimum atomic E-state index is -0.0161. The predicted molar refractivity (Wildman–Crippen MR) is 90.8 cm³/mol. The van der Waals surface area contributed by atoms with Crippen LogP contribution in [0.5, 0.6) is 0 Å². The van der Waals surface area contributed by atoms with Crippen molar-refractivity contribution in [3.05, 3.63) is 5.01 Å². The molecule has 1 saturated carbocycles. The average molecular weight is 338 g/mol. The predicted octanol–water partition coefficient (Wildman–Crippen LogP) is 2.63. The maximum atomic E-state index is 12.2. The highest BCUT2D eigenvalue weighted by molar-refractivity contribution is 7.15. The summed E-state index contributed by atoms with van der Waals surface area (Å²) < 4.78 is 5.69. The maximum Gasteiger partial charge on any atom is 0.240 e. The molecule has 1 amide bonds. The first-order valence-corrected chi connectivity index (χ1v) is 9.43. The molecule has 1 saturated heterocycles. The summed E-state index contributed by atoms with van der Waals surface area (Å²) in [5.74, 6) is 0.519. The van der Waals surface area contributed by atoms with Crippen molar-refractivity contribution >= 4 is 22.4 Å². The number of nitrogens with one attached hydrogen (secondary N) is 1. The van der Waals surface area contributed by atoms with Crippen LogP contribution in [0, 0.1) is 0 Å². The summed E-state index contributed by atoms with van der Waals surface area (Å²) in [6.07, 6.45) is 6.63. The van der Waals surface area contributed by atoms with Gasteiger partial charge in [0.25, 0.3) is 0 Å². The molecule has 7 heteroatoms. The van der Waals surface area contributed by atoms with Crippen LogP contribution in [-0.2, 0) is 9.53 Å². The zero-order valence-corrected chi connectivity index (χ0v) is 14.8. The van der Waals surface area contributed by atoms with Gasteiger partial charge < -0.3 is 4.74 Å². The lowest BCUT2D eigenvalue weighted by Gasteiger charge is -2.34. The Labute approximate surface area is 141 Å². The molecule has 2 unspecified atom stereocenters. The summed E-state index contributed by atoms with van der Waals surface area (Å²) in [6.45, 7) is 6.06. The largest absolute Gasteiger partial charge is 0.373 e. The van der Waals surface area contributed by atoms with Crippen LogP contribution in [0.25, 0.3) is 0 Å². The van der Waals surface area contributed by atoms with E-state index in [1.807, 2.05) is 13.8 Å². The Morgan fingerprint density at radius 2 is 1.91 bits per heavy atom. The number of rotatable bonds is 4. The Kier molecular flexibility index (Phi) is 5.61. The second-order valence-corrected chi connectivity index (χ2v) is 7.79. The molecule has 2 atom stereocenters. The second-order valence-electron chi connectivity index (χ2n) is 6.78. The van der Waals surface area contributed by atoms with Crippen LogP contribution in [0.1, 0.15) is 56.9 Å². The molecule has 0 radical (unpaired) electrons. The number of amides is 1. The first-order chi connectivity index (χ1) is 11.1. The summed E-state index contributed by atoms with van der Waals surface area (Å²) in [5, 5.41) is 13.0. The fraction of sp³-hybridized carbons (Fsp3) is 0.812. The van der Waals surface area contributed by atoms with Crippen LogP contribution < -0.4 is 5.32 Å². The smallest absolute Gasteiger partial charge is 0.240 e.